The zero-order valence-electron chi connectivity index (χ0n) is 6.22. The number of hydrogen-bond donors (Lipinski definition) is 1. The van der Waals surface area contributed by atoms with E-state index in [1.807, 2.05) is 0 Å². The zero-order valence-corrected chi connectivity index (χ0v) is 6.22. The smallest absolute Gasteiger partial charge is 0.271 e. The minimum absolute atomic E-state index is 0.0506. The molecule has 12 heavy (non-hydrogen) atoms. The predicted molar refractivity (Wildman–Crippen MR) is 34.9 cm³/mol. The van der Waals surface area contributed by atoms with E-state index in [0.717, 1.165) is 0 Å². The Morgan fingerprint density at radius 2 is 2.17 bits per heavy atom. The molecule has 1 saturated carbocycles. The normalized spacial score (nSPS) is 29.1. The van der Waals surface area contributed by atoms with Crippen LogP contribution in [0.15, 0.2) is 11.7 Å². The lowest BCUT2D eigenvalue weighted by atomic mass is 10.1. The van der Waals surface area contributed by atoms with Crippen LogP contribution in [0.2, 0.25) is 0 Å². The molecule has 0 radical (unpaired) electrons. The van der Waals surface area contributed by atoms with Crippen molar-refractivity contribution in [2.45, 2.75) is 18.9 Å². The minimum atomic E-state index is -1.86. The highest BCUT2D eigenvalue weighted by Crippen LogP contribution is 2.32. The van der Waals surface area contributed by atoms with E-state index in [2.05, 4.69) is 0 Å². The summed E-state index contributed by atoms with van der Waals surface area (Å²) < 4.78 is 24.0. The Morgan fingerprint density at radius 1 is 1.58 bits per heavy atom. The molecule has 0 aromatic carbocycles. The van der Waals surface area contributed by atoms with Gasteiger partial charge in [0.1, 0.15) is 0 Å². The molecule has 0 spiro atoms. The van der Waals surface area contributed by atoms with Crippen molar-refractivity contribution in [1.82, 2.24) is 0 Å². The van der Waals surface area contributed by atoms with Crippen molar-refractivity contribution in [3.05, 3.63) is 11.7 Å². The van der Waals surface area contributed by atoms with E-state index in [-0.39, 0.29) is 18.4 Å². The van der Waals surface area contributed by atoms with Crippen molar-refractivity contribution >= 4 is 5.97 Å². The van der Waals surface area contributed by atoms with E-state index in [4.69, 9.17) is 5.73 Å². The summed E-state index contributed by atoms with van der Waals surface area (Å²) in [5.41, 5.74) is 5.03. The van der Waals surface area contributed by atoms with Crippen LogP contribution in [0, 0.1) is 5.92 Å². The first kappa shape index (κ1) is 9.12. The van der Waals surface area contributed by atoms with Crippen molar-refractivity contribution in [2.75, 3.05) is 0 Å². The Kier molecular flexibility index (Phi) is 2.42. The summed E-state index contributed by atoms with van der Waals surface area (Å²) in [4.78, 5) is 10.3. The maximum Gasteiger partial charge on any atom is 0.271 e. The number of carboxylic acid groups (broad SMARTS) is 1. The van der Waals surface area contributed by atoms with E-state index in [1.165, 1.54) is 0 Å². The number of hydrogen-bond acceptors (Lipinski definition) is 3. The number of halogens is 2. The number of carbonyl (C=O) groups excluding carboxylic acids is 1. The van der Waals surface area contributed by atoms with Gasteiger partial charge in [-0.1, -0.05) is 0 Å². The fraction of sp³-hybridized carbons (Fsp3) is 0.571. The van der Waals surface area contributed by atoms with E-state index in [1.54, 1.807) is 0 Å². The lowest BCUT2D eigenvalue weighted by Gasteiger charge is -2.07. The highest BCUT2D eigenvalue weighted by atomic mass is 19.3. The lowest BCUT2D eigenvalue weighted by molar-refractivity contribution is -0.311. The van der Waals surface area contributed by atoms with Crippen LogP contribution in [0.3, 0.4) is 0 Å². The van der Waals surface area contributed by atoms with Gasteiger partial charge in [-0.3, -0.25) is 0 Å². The SMILES string of the molecule is N[C@H]1C[C@@H](C(=O)[O-])CC1=C(F)F. The molecule has 1 rings (SSSR count). The fourth-order valence-corrected chi connectivity index (χ4v) is 1.35. The van der Waals surface area contributed by atoms with Gasteiger partial charge < -0.3 is 15.6 Å². The third-order valence-electron chi connectivity index (χ3n) is 2.03. The van der Waals surface area contributed by atoms with Crippen molar-refractivity contribution in [2.24, 2.45) is 11.7 Å². The van der Waals surface area contributed by atoms with Gasteiger partial charge in [-0.15, -0.1) is 0 Å². The highest BCUT2D eigenvalue weighted by Gasteiger charge is 2.30. The average molecular weight is 176 g/mol. The Balaban J connectivity index is 2.76. The molecule has 5 heteroatoms. The molecule has 0 aromatic heterocycles. The molecule has 1 aliphatic rings. The Bertz CT molecular complexity index is 236. The average Bonchev–Trinajstić information content (AvgIpc) is 2.30. The van der Waals surface area contributed by atoms with Crippen LogP contribution in [0.25, 0.3) is 0 Å². The summed E-state index contributed by atoms with van der Waals surface area (Å²) in [6.45, 7) is 0. The number of aliphatic carboxylic acids is 1. The third kappa shape index (κ3) is 1.61. The van der Waals surface area contributed by atoms with Crippen LogP contribution >= 0.6 is 0 Å². The first-order valence-electron chi connectivity index (χ1n) is 3.53. The lowest BCUT2D eigenvalue weighted by Crippen LogP contribution is -2.30. The summed E-state index contributed by atoms with van der Waals surface area (Å²) in [7, 11) is 0. The molecule has 3 nitrogen and oxygen atoms in total. The van der Waals surface area contributed by atoms with Gasteiger partial charge >= 0.3 is 0 Å². The second-order valence-corrected chi connectivity index (χ2v) is 2.85. The number of carboxylic acids is 1. The standard InChI is InChI=1S/C7H9F2NO2/c8-6(9)4-1-3(7(11)12)2-5(4)10/h3,5H,1-2,10H2,(H,11,12)/p-1/t3-,5-/m0/s1. The molecule has 1 fully saturated rings. The minimum Gasteiger partial charge on any atom is -0.550 e. The first-order valence-corrected chi connectivity index (χ1v) is 3.53. The molecule has 1 aliphatic carbocycles. The Hall–Kier alpha value is -0.970. The zero-order chi connectivity index (χ0) is 9.30. The fourth-order valence-electron chi connectivity index (χ4n) is 1.35. The molecule has 0 heterocycles. The van der Waals surface area contributed by atoms with Crippen molar-refractivity contribution in [3.8, 4) is 0 Å². The quantitative estimate of drug-likeness (QED) is 0.592. The second-order valence-electron chi connectivity index (χ2n) is 2.85. The molecular weight excluding hydrogens is 168 g/mol. The molecule has 0 bridgehead atoms. The van der Waals surface area contributed by atoms with E-state index < -0.39 is 24.0 Å². The first-order chi connectivity index (χ1) is 5.52. The number of nitrogens with two attached hydrogens (primary N) is 1. The van der Waals surface area contributed by atoms with Gasteiger partial charge in [-0.25, -0.2) is 0 Å². The van der Waals surface area contributed by atoms with E-state index in [9.17, 15) is 18.7 Å². The molecule has 0 saturated heterocycles. The van der Waals surface area contributed by atoms with Crippen LogP contribution < -0.4 is 10.8 Å². The van der Waals surface area contributed by atoms with Crippen molar-refractivity contribution in [1.29, 1.82) is 0 Å². The van der Waals surface area contributed by atoms with Gasteiger partial charge in [0.2, 0.25) is 0 Å². The third-order valence-corrected chi connectivity index (χ3v) is 2.03. The van der Waals surface area contributed by atoms with Gasteiger partial charge in [-0.05, 0) is 12.8 Å². The largest absolute Gasteiger partial charge is 0.550 e. The van der Waals surface area contributed by atoms with Gasteiger partial charge in [0, 0.05) is 23.5 Å². The van der Waals surface area contributed by atoms with Crippen LogP contribution in [-0.2, 0) is 4.79 Å². The van der Waals surface area contributed by atoms with Gasteiger partial charge in [0.25, 0.3) is 6.08 Å². The molecule has 68 valence electrons. The monoisotopic (exact) mass is 176 g/mol. The molecule has 0 amide bonds. The number of carbonyl (C=O) groups is 1. The topological polar surface area (TPSA) is 66.2 Å². The molecular formula is C7H8F2NO2-. The van der Waals surface area contributed by atoms with E-state index in [0.29, 0.717) is 0 Å². The summed E-state index contributed by atoms with van der Waals surface area (Å²) in [5.74, 6) is -2.15. The maximum atomic E-state index is 12.0. The predicted octanol–water partition coefficient (Wildman–Crippen LogP) is -0.376. The highest BCUT2D eigenvalue weighted by molar-refractivity contribution is 5.69. The van der Waals surface area contributed by atoms with Gasteiger partial charge in [0.15, 0.2) is 0 Å². The van der Waals surface area contributed by atoms with Crippen LogP contribution in [0.4, 0.5) is 8.78 Å². The maximum absolute atomic E-state index is 12.0. The summed E-state index contributed by atoms with van der Waals surface area (Å²) in [6, 6.07) is -0.821. The summed E-state index contributed by atoms with van der Waals surface area (Å²) >= 11 is 0. The summed E-state index contributed by atoms with van der Waals surface area (Å²) in [6.07, 6.45) is -1.98. The van der Waals surface area contributed by atoms with Crippen LogP contribution in [-0.4, -0.2) is 12.0 Å². The Morgan fingerprint density at radius 3 is 2.42 bits per heavy atom. The molecule has 2 atom stereocenters. The Labute approximate surface area is 67.9 Å². The van der Waals surface area contributed by atoms with Crippen LogP contribution in [0.5, 0.6) is 0 Å². The van der Waals surface area contributed by atoms with E-state index >= 15 is 0 Å². The van der Waals surface area contributed by atoms with Gasteiger partial charge in [0.05, 0.1) is 0 Å². The number of rotatable bonds is 1. The van der Waals surface area contributed by atoms with Crippen LogP contribution in [0.1, 0.15) is 12.8 Å². The molecule has 0 aliphatic heterocycles. The van der Waals surface area contributed by atoms with Crippen molar-refractivity contribution in [3.63, 3.8) is 0 Å². The van der Waals surface area contributed by atoms with Crippen molar-refractivity contribution < 1.29 is 18.7 Å². The van der Waals surface area contributed by atoms with Gasteiger partial charge in [-0.2, -0.15) is 8.78 Å². The molecule has 0 aromatic rings. The summed E-state index contributed by atoms with van der Waals surface area (Å²) in [5, 5.41) is 10.3. The molecule has 2 N–H and O–H groups in total. The molecule has 0 unspecified atom stereocenters. The second kappa shape index (κ2) is 3.18.